The van der Waals surface area contributed by atoms with Crippen molar-refractivity contribution in [2.45, 2.75) is 13.8 Å². The summed E-state index contributed by atoms with van der Waals surface area (Å²) in [5.41, 5.74) is 5.26. The molecule has 0 radical (unpaired) electrons. The van der Waals surface area contributed by atoms with Gasteiger partial charge in [-0.05, 0) is 36.1 Å². The summed E-state index contributed by atoms with van der Waals surface area (Å²) < 4.78 is 0. The second-order valence-corrected chi connectivity index (χ2v) is 4.84. The Bertz CT molecular complexity index is 801. The summed E-state index contributed by atoms with van der Waals surface area (Å²) in [6.07, 6.45) is 0. The molecule has 0 aliphatic carbocycles. The van der Waals surface area contributed by atoms with Gasteiger partial charge in [-0.15, -0.1) is 0 Å². The van der Waals surface area contributed by atoms with E-state index in [0.717, 1.165) is 27.6 Å². The molecule has 2 nitrogen and oxygen atoms in total. The second-order valence-electron chi connectivity index (χ2n) is 4.84. The van der Waals surface area contributed by atoms with Gasteiger partial charge in [0.2, 0.25) is 5.56 Å². The van der Waals surface area contributed by atoms with Gasteiger partial charge in [-0.2, -0.15) is 0 Å². The molecule has 1 aromatic heterocycles. The molecule has 2 aromatic carbocycles. The normalized spacial score (nSPS) is 10.8. The summed E-state index contributed by atoms with van der Waals surface area (Å²) in [5.74, 6) is 0. The van der Waals surface area contributed by atoms with Gasteiger partial charge in [0.1, 0.15) is 0 Å². The van der Waals surface area contributed by atoms with Crippen LogP contribution in [0.2, 0.25) is 0 Å². The molecular formula is C17H15NO. The molecule has 0 saturated carbocycles. The Morgan fingerprint density at radius 3 is 2.42 bits per heavy atom. The molecule has 0 fully saturated rings. The summed E-state index contributed by atoms with van der Waals surface area (Å²) in [5, 5.41) is 1.09. The lowest BCUT2D eigenvalue weighted by Crippen LogP contribution is -2.06. The van der Waals surface area contributed by atoms with E-state index in [1.807, 2.05) is 37.3 Å². The van der Waals surface area contributed by atoms with E-state index in [1.54, 1.807) is 6.07 Å². The van der Waals surface area contributed by atoms with Crippen molar-refractivity contribution in [3.63, 3.8) is 0 Å². The Morgan fingerprint density at radius 1 is 0.947 bits per heavy atom. The number of aromatic nitrogens is 1. The molecule has 0 amide bonds. The zero-order valence-electron chi connectivity index (χ0n) is 11.0. The average Bonchev–Trinajstić information content (AvgIpc) is 2.44. The molecule has 1 heterocycles. The number of aryl methyl sites for hydroxylation is 2. The minimum absolute atomic E-state index is 0.0555. The molecule has 94 valence electrons. The van der Waals surface area contributed by atoms with Crippen molar-refractivity contribution in [3.05, 3.63) is 70.0 Å². The summed E-state index contributed by atoms with van der Waals surface area (Å²) >= 11 is 0. The van der Waals surface area contributed by atoms with Crippen LogP contribution in [-0.2, 0) is 0 Å². The van der Waals surface area contributed by atoms with Crippen LogP contribution in [-0.4, -0.2) is 4.98 Å². The number of hydrogen-bond donors (Lipinski definition) is 1. The van der Waals surface area contributed by atoms with Crippen molar-refractivity contribution < 1.29 is 0 Å². The number of rotatable bonds is 1. The van der Waals surface area contributed by atoms with Gasteiger partial charge in [0.25, 0.3) is 0 Å². The number of nitrogens with one attached hydrogen (secondary N) is 1. The van der Waals surface area contributed by atoms with E-state index in [0.29, 0.717) is 0 Å². The number of hydrogen-bond acceptors (Lipinski definition) is 1. The third kappa shape index (κ3) is 1.95. The van der Waals surface area contributed by atoms with Crippen LogP contribution in [0.1, 0.15) is 11.1 Å². The molecule has 0 bridgehead atoms. The average molecular weight is 249 g/mol. The van der Waals surface area contributed by atoms with Gasteiger partial charge in [0.15, 0.2) is 0 Å². The Hall–Kier alpha value is -2.35. The van der Waals surface area contributed by atoms with Crippen molar-refractivity contribution in [2.24, 2.45) is 0 Å². The number of aromatic amines is 1. The fraction of sp³-hybridized carbons (Fsp3) is 0.118. The second kappa shape index (κ2) is 4.39. The first-order chi connectivity index (χ1) is 9.16. The van der Waals surface area contributed by atoms with E-state index in [-0.39, 0.29) is 5.56 Å². The first kappa shape index (κ1) is 11.7. The van der Waals surface area contributed by atoms with E-state index < -0.39 is 0 Å². The molecule has 0 unspecified atom stereocenters. The molecule has 1 N–H and O–H groups in total. The lowest BCUT2D eigenvalue weighted by molar-refractivity contribution is 1.26. The van der Waals surface area contributed by atoms with Gasteiger partial charge in [-0.1, -0.05) is 42.5 Å². The van der Waals surface area contributed by atoms with Crippen molar-refractivity contribution >= 4 is 10.9 Å². The maximum atomic E-state index is 11.9. The Labute approximate surface area is 111 Å². The molecule has 3 rings (SSSR count). The van der Waals surface area contributed by atoms with Gasteiger partial charge in [0, 0.05) is 11.5 Å². The van der Waals surface area contributed by atoms with Gasteiger partial charge >= 0.3 is 0 Å². The van der Waals surface area contributed by atoms with Crippen molar-refractivity contribution in [3.8, 4) is 11.1 Å². The van der Waals surface area contributed by atoms with E-state index in [9.17, 15) is 4.79 Å². The first-order valence-electron chi connectivity index (χ1n) is 6.35. The van der Waals surface area contributed by atoms with Gasteiger partial charge in [-0.3, -0.25) is 4.79 Å². The third-order valence-corrected chi connectivity index (χ3v) is 3.63. The quantitative estimate of drug-likeness (QED) is 0.699. The SMILES string of the molecule is Cc1ccc2c(-c3ccccc3)cc(=O)[nH]c2c1C. The Balaban J connectivity index is 2.44. The minimum atomic E-state index is -0.0555. The van der Waals surface area contributed by atoms with E-state index in [1.165, 1.54) is 5.56 Å². The predicted octanol–water partition coefficient (Wildman–Crippen LogP) is 3.81. The van der Waals surface area contributed by atoms with Crippen LogP contribution in [0, 0.1) is 13.8 Å². The molecule has 0 aliphatic heterocycles. The van der Waals surface area contributed by atoms with Crippen molar-refractivity contribution in [2.75, 3.05) is 0 Å². The maximum absolute atomic E-state index is 11.9. The van der Waals surface area contributed by atoms with Crippen LogP contribution in [0.15, 0.2) is 53.3 Å². The van der Waals surface area contributed by atoms with Crippen LogP contribution in [0.25, 0.3) is 22.0 Å². The fourth-order valence-electron chi connectivity index (χ4n) is 2.43. The van der Waals surface area contributed by atoms with Crippen LogP contribution >= 0.6 is 0 Å². The zero-order valence-corrected chi connectivity index (χ0v) is 11.0. The number of benzene rings is 2. The monoisotopic (exact) mass is 249 g/mol. The molecule has 0 aliphatic rings. The van der Waals surface area contributed by atoms with Crippen molar-refractivity contribution in [1.29, 1.82) is 0 Å². The molecule has 0 atom stereocenters. The van der Waals surface area contributed by atoms with Gasteiger partial charge in [-0.25, -0.2) is 0 Å². The van der Waals surface area contributed by atoms with E-state index in [2.05, 4.69) is 24.0 Å². The summed E-state index contributed by atoms with van der Waals surface area (Å²) in [7, 11) is 0. The highest BCUT2D eigenvalue weighted by Gasteiger charge is 2.08. The minimum Gasteiger partial charge on any atom is -0.322 e. The number of pyridine rings is 1. The highest BCUT2D eigenvalue weighted by molar-refractivity contribution is 5.96. The first-order valence-corrected chi connectivity index (χ1v) is 6.35. The summed E-state index contributed by atoms with van der Waals surface area (Å²) in [6.45, 7) is 4.10. The van der Waals surface area contributed by atoms with Gasteiger partial charge < -0.3 is 4.98 Å². The fourth-order valence-corrected chi connectivity index (χ4v) is 2.43. The van der Waals surface area contributed by atoms with Crippen LogP contribution in [0.4, 0.5) is 0 Å². The lowest BCUT2D eigenvalue weighted by atomic mass is 9.97. The number of fused-ring (bicyclic) bond motifs is 1. The maximum Gasteiger partial charge on any atom is 0.249 e. The van der Waals surface area contributed by atoms with Crippen LogP contribution in [0.3, 0.4) is 0 Å². The van der Waals surface area contributed by atoms with Gasteiger partial charge in [0.05, 0.1) is 5.52 Å². The predicted molar refractivity (Wildman–Crippen MR) is 79.5 cm³/mol. The molecule has 2 heteroatoms. The van der Waals surface area contributed by atoms with Crippen LogP contribution in [0.5, 0.6) is 0 Å². The van der Waals surface area contributed by atoms with Crippen LogP contribution < -0.4 is 5.56 Å². The molecule has 0 spiro atoms. The smallest absolute Gasteiger partial charge is 0.249 e. The Kier molecular flexibility index (Phi) is 2.71. The zero-order chi connectivity index (χ0) is 13.4. The number of H-pyrrole nitrogens is 1. The highest BCUT2D eigenvalue weighted by atomic mass is 16.1. The van der Waals surface area contributed by atoms with E-state index >= 15 is 0 Å². The Morgan fingerprint density at radius 2 is 1.68 bits per heavy atom. The molecule has 3 aromatic rings. The standard InChI is InChI=1S/C17H15NO/c1-11-8-9-14-15(13-6-4-3-5-7-13)10-16(19)18-17(14)12(11)2/h3-10H,1-2H3,(H,18,19). The third-order valence-electron chi connectivity index (χ3n) is 3.63. The molecule has 0 saturated heterocycles. The summed E-state index contributed by atoms with van der Waals surface area (Å²) in [4.78, 5) is 14.8. The lowest BCUT2D eigenvalue weighted by Gasteiger charge is -2.10. The van der Waals surface area contributed by atoms with Crippen molar-refractivity contribution in [1.82, 2.24) is 4.98 Å². The highest BCUT2D eigenvalue weighted by Crippen LogP contribution is 2.28. The molecular weight excluding hydrogens is 234 g/mol. The largest absolute Gasteiger partial charge is 0.322 e. The summed E-state index contributed by atoms with van der Waals surface area (Å²) in [6, 6.07) is 15.9. The molecule has 19 heavy (non-hydrogen) atoms. The topological polar surface area (TPSA) is 32.9 Å². The van der Waals surface area contributed by atoms with E-state index in [4.69, 9.17) is 0 Å².